The fourth-order valence-corrected chi connectivity index (χ4v) is 4.71. The highest BCUT2D eigenvalue weighted by atomic mass is 32.2. The van der Waals surface area contributed by atoms with Crippen LogP contribution in [0.1, 0.15) is 40.8 Å². The Morgan fingerprint density at radius 2 is 1.58 bits per heavy atom. The molecule has 1 N–H and O–H groups in total. The van der Waals surface area contributed by atoms with Gasteiger partial charge >= 0.3 is 5.97 Å². The molecule has 0 spiro atoms. The van der Waals surface area contributed by atoms with Gasteiger partial charge in [0.2, 0.25) is 10.0 Å². The third kappa shape index (κ3) is 4.14. The molecule has 1 unspecified atom stereocenters. The Bertz CT molecular complexity index is 879. The van der Waals surface area contributed by atoms with E-state index in [1.54, 1.807) is 51.1 Å². The predicted molar refractivity (Wildman–Crippen MR) is 102 cm³/mol. The number of nitrogens with one attached hydrogen (secondary N) is 1. The lowest BCUT2D eigenvalue weighted by molar-refractivity contribution is -0.145. The van der Waals surface area contributed by atoms with Crippen LogP contribution in [0.3, 0.4) is 0 Å². The van der Waals surface area contributed by atoms with Gasteiger partial charge in [-0.3, -0.25) is 0 Å². The van der Waals surface area contributed by atoms with Crippen molar-refractivity contribution < 1.29 is 17.9 Å². The molecule has 2 rings (SSSR count). The van der Waals surface area contributed by atoms with Crippen molar-refractivity contribution >= 4 is 16.0 Å². The van der Waals surface area contributed by atoms with Crippen molar-refractivity contribution in [1.82, 2.24) is 4.72 Å². The highest BCUT2D eigenvalue weighted by Gasteiger charge is 2.30. The van der Waals surface area contributed by atoms with Crippen molar-refractivity contribution in [3.63, 3.8) is 0 Å². The molecule has 0 saturated heterocycles. The Hall–Kier alpha value is -2.18. The van der Waals surface area contributed by atoms with E-state index >= 15 is 0 Å². The van der Waals surface area contributed by atoms with Gasteiger partial charge in [0.25, 0.3) is 0 Å². The monoisotopic (exact) mass is 375 g/mol. The minimum atomic E-state index is -3.93. The zero-order valence-corrected chi connectivity index (χ0v) is 16.6. The minimum absolute atomic E-state index is 0.172. The van der Waals surface area contributed by atoms with Gasteiger partial charge in [-0.15, -0.1) is 0 Å². The third-order valence-corrected chi connectivity index (χ3v) is 6.19. The van der Waals surface area contributed by atoms with Crippen LogP contribution in [-0.4, -0.2) is 21.0 Å². The second-order valence-corrected chi connectivity index (χ2v) is 7.96. The fourth-order valence-electron chi connectivity index (χ4n) is 2.92. The molecule has 5 nitrogen and oxygen atoms in total. The van der Waals surface area contributed by atoms with E-state index in [-0.39, 0.29) is 11.5 Å². The van der Waals surface area contributed by atoms with Crippen LogP contribution in [-0.2, 0) is 19.6 Å². The van der Waals surface area contributed by atoms with Crippen molar-refractivity contribution in [2.24, 2.45) is 0 Å². The molecular formula is C20H25NO4S. The van der Waals surface area contributed by atoms with E-state index < -0.39 is 22.0 Å². The predicted octanol–water partition coefficient (Wildman–Crippen LogP) is 3.50. The molecule has 0 fully saturated rings. The maximum Gasteiger partial charge on any atom is 0.328 e. The van der Waals surface area contributed by atoms with E-state index in [1.165, 1.54) is 0 Å². The van der Waals surface area contributed by atoms with E-state index in [0.717, 1.165) is 11.1 Å². The van der Waals surface area contributed by atoms with E-state index in [9.17, 15) is 13.2 Å². The van der Waals surface area contributed by atoms with Crippen LogP contribution in [0.4, 0.5) is 0 Å². The zero-order valence-electron chi connectivity index (χ0n) is 15.8. The first kappa shape index (κ1) is 20.1. The summed E-state index contributed by atoms with van der Waals surface area (Å²) >= 11 is 0. The largest absolute Gasteiger partial charge is 0.465 e. The van der Waals surface area contributed by atoms with Crippen LogP contribution in [0.5, 0.6) is 0 Å². The summed E-state index contributed by atoms with van der Waals surface area (Å²) in [6, 6.07) is 9.58. The normalized spacial score (nSPS) is 12.7. The smallest absolute Gasteiger partial charge is 0.328 e. The van der Waals surface area contributed by atoms with Gasteiger partial charge in [0.1, 0.15) is 6.04 Å². The van der Waals surface area contributed by atoms with Crippen LogP contribution in [0.2, 0.25) is 0 Å². The van der Waals surface area contributed by atoms with Crippen molar-refractivity contribution in [3.05, 3.63) is 64.2 Å². The molecule has 26 heavy (non-hydrogen) atoms. The van der Waals surface area contributed by atoms with Crippen LogP contribution in [0, 0.1) is 27.7 Å². The molecule has 6 heteroatoms. The van der Waals surface area contributed by atoms with Gasteiger partial charge in [-0.1, -0.05) is 36.4 Å². The molecule has 0 radical (unpaired) electrons. The maximum atomic E-state index is 13.2. The molecule has 0 bridgehead atoms. The molecule has 2 aromatic carbocycles. The number of hydrogen-bond acceptors (Lipinski definition) is 4. The summed E-state index contributed by atoms with van der Waals surface area (Å²) in [6.45, 7) is 9.16. The lowest BCUT2D eigenvalue weighted by Crippen LogP contribution is -2.35. The summed E-state index contributed by atoms with van der Waals surface area (Å²) in [7, 11) is -3.93. The Morgan fingerprint density at radius 3 is 2.08 bits per heavy atom. The van der Waals surface area contributed by atoms with Crippen molar-refractivity contribution in [1.29, 1.82) is 0 Å². The van der Waals surface area contributed by atoms with E-state index in [2.05, 4.69) is 4.72 Å². The van der Waals surface area contributed by atoms with E-state index in [0.29, 0.717) is 16.7 Å². The summed E-state index contributed by atoms with van der Waals surface area (Å²) in [5.74, 6) is -0.623. The first-order valence-corrected chi connectivity index (χ1v) is 9.98. The molecule has 0 aliphatic carbocycles. The summed E-state index contributed by atoms with van der Waals surface area (Å²) < 4.78 is 33.9. The second-order valence-electron chi connectivity index (χ2n) is 6.31. The molecule has 0 heterocycles. The Kier molecular flexibility index (Phi) is 6.21. The van der Waals surface area contributed by atoms with Gasteiger partial charge in [0, 0.05) is 0 Å². The van der Waals surface area contributed by atoms with Crippen LogP contribution >= 0.6 is 0 Å². The number of sulfonamides is 1. The highest BCUT2D eigenvalue weighted by molar-refractivity contribution is 7.89. The quantitative estimate of drug-likeness (QED) is 0.784. The molecule has 0 aliphatic rings. The first-order chi connectivity index (χ1) is 12.2. The molecule has 140 valence electrons. The average Bonchev–Trinajstić information content (AvgIpc) is 2.59. The Labute approximate surface area is 155 Å². The Morgan fingerprint density at radius 1 is 1.04 bits per heavy atom. The maximum absolute atomic E-state index is 13.2. The van der Waals surface area contributed by atoms with Gasteiger partial charge in [0.15, 0.2) is 0 Å². The van der Waals surface area contributed by atoms with Crippen LogP contribution < -0.4 is 4.72 Å². The van der Waals surface area contributed by atoms with Crippen molar-refractivity contribution in [2.45, 2.75) is 45.6 Å². The molecule has 0 aromatic heterocycles. The van der Waals surface area contributed by atoms with Crippen molar-refractivity contribution in [2.75, 3.05) is 6.61 Å². The lowest BCUT2D eigenvalue weighted by Gasteiger charge is -2.21. The number of aryl methyl sites for hydroxylation is 2. The van der Waals surface area contributed by atoms with Crippen LogP contribution in [0.15, 0.2) is 41.3 Å². The highest BCUT2D eigenvalue weighted by Crippen LogP contribution is 2.28. The lowest BCUT2D eigenvalue weighted by atomic mass is 10.0. The fraction of sp³-hybridized carbons (Fsp3) is 0.350. The molecular weight excluding hydrogens is 350 g/mol. The van der Waals surface area contributed by atoms with Crippen molar-refractivity contribution in [3.8, 4) is 0 Å². The van der Waals surface area contributed by atoms with Gasteiger partial charge in [-0.25, -0.2) is 13.2 Å². The van der Waals surface area contributed by atoms with Crippen LogP contribution in [0.25, 0.3) is 0 Å². The molecule has 1 atom stereocenters. The standard InChI is InChI=1S/C20H25NO4S/c1-6-25-20(22)18(17-10-8-7-9-11-17)21-26(23,24)19-15(4)13(2)12-14(3)16(19)5/h7-12,18,21H,6H2,1-5H3. The summed E-state index contributed by atoms with van der Waals surface area (Å²) in [4.78, 5) is 12.6. The number of carbonyl (C=O) groups is 1. The summed E-state index contributed by atoms with van der Waals surface area (Å²) in [5.41, 5.74) is 3.67. The minimum Gasteiger partial charge on any atom is -0.465 e. The third-order valence-electron chi connectivity index (χ3n) is 4.49. The number of esters is 1. The first-order valence-electron chi connectivity index (χ1n) is 8.50. The second kappa shape index (κ2) is 8.01. The van der Waals surface area contributed by atoms with Gasteiger partial charge in [-0.2, -0.15) is 4.72 Å². The topological polar surface area (TPSA) is 72.5 Å². The number of rotatable bonds is 6. The zero-order chi connectivity index (χ0) is 19.5. The number of hydrogen-bond donors (Lipinski definition) is 1. The van der Waals surface area contributed by atoms with Gasteiger partial charge in [0.05, 0.1) is 11.5 Å². The average molecular weight is 375 g/mol. The summed E-state index contributed by atoms with van der Waals surface area (Å²) in [6.07, 6.45) is 0. The van der Waals surface area contributed by atoms with Gasteiger partial charge < -0.3 is 4.74 Å². The number of ether oxygens (including phenoxy) is 1. The van der Waals surface area contributed by atoms with E-state index in [1.807, 2.05) is 19.9 Å². The summed E-state index contributed by atoms with van der Waals surface area (Å²) in [5, 5.41) is 0. The molecule has 0 aliphatic heterocycles. The number of carbonyl (C=O) groups excluding carboxylic acids is 1. The number of benzene rings is 2. The SMILES string of the molecule is CCOC(=O)C(NS(=O)(=O)c1c(C)c(C)cc(C)c1C)c1ccccc1. The molecule has 0 saturated carbocycles. The Balaban J connectivity index is 2.53. The molecule has 0 amide bonds. The van der Waals surface area contributed by atoms with E-state index in [4.69, 9.17) is 4.74 Å². The van der Waals surface area contributed by atoms with Gasteiger partial charge in [-0.05, 0) is 62.4 Å². The molecule has 2 aromatic rings.